The Morgan fingerprint density at radius 1 is 1.80 bits per heavy atom. The van der Waals surface area contributed by atoms with Crippen molar-refractivity contribution in [3.05, 3.63) is 0 Å². The Balaban J connectivity index is 2.54. The van der Waals surface area contributed by atoms with E-state index >= 15 is 0 Å². The van der Waals surface area contributed by atoms with Crippen molar-refractivity contribution < 1.29 is 10.3 Å². The van der Waals surface area contributed by atoms with Crippen LogP contribution < -0.4 is 5.48 Å². The number of hydrogen-bond acceptors (Lipinski definition) is 3. The maximum Gasteiger partial charge on any atom is 0.124 e. The van der Waals surface area contributed by atoms with E-state index in [1.165, 1.54) is 6.92 Å². The van der Waals surface area contributed by atoms with Crippen LogP contribution in [-0.4, -0.2) is 16.5 Å². The summed E-state index contributed by atoms with van der Waals surface area (Å²) in [6.07, 6.45) is -0.810. The fraction of sp³-hybridized carbons (Fsp3) is 1.00. The van der Waals surface area contributed by atoms with Gasteiger partial charge in [-0.25, -0.2) is 0 Å². The van der Waals surface area contributed by atoms with Crippen LogP contribution in [0.5, 0.6) is 0 Å². The Labute approximate surface area is 30.2 Å². The minimum absolute atomic E-state index is 0.810. The molecular formula is C2H7NO2. The van der Waals surface area contributed by atoms with E-state index in [4.69, 9.17) is 10.3 Å². The van der Waals surface area contributed by atoms with Gasteiger partial charge in [-0.05, 0) is 6.92 Å². The maximum atomic E-state index is 8.00. The first-order valence-electron chi connectivity index (χ1n) is 1.35. The average molecular weight is 77.1 g/mol. The van der Waals surface area contributed by atoms with E-state index in [0.29, 0.717) is 0 Å². The van der Waals surface area contributed by atoms with Crippen molar-refractivity contribution in [3.63, 3.8) is 0 Å². The molecular weight excluding hydrogens is 70.0 g/mol. The lowest BCUT2D eigenvalue weighted by atomic mass is 10.7. The summed E-state index contributed by atoms with van der Waals surface area (Å²) in [5.74, 6) is 0. The Kier molecular flexibility index (Phi) is 2.09. The molecule has 3 nitrogen and oxygen atoms in total. The quantitative estimate of drug-likeness (QED) is 0.286. The Morgan fingerprint density at radius 2 is 2.00 bits per heavy atom. The van der Waals surface area contributed by atoms with Gasteiger partial charge >= 0.3 is 0 Å². The van der Waals surface area contributed by atoms with Crippen molar-refractivity contribution in [3.8, 4) is 0 Å². The number of aliphatic hydroxyl groups excluding tert-OH is 1. The van der Waals surface area contributed by atoms with E-state index in [-0.39, 0.29) is 0 Å². The SMILES string of the molecule is CC(O)NO. The predicted octanol–water partition coefficient (Wildman–Crippen LogP) is -0.697. The predicted molar refractivity (Wildman–Crippen MR) is 16.6 cm³/mol. The molecule has 0 saturated carbocycles. The van der Waals surface area contributed by atoms with Crippen LogP contribution in [0.2, 0.25) is 0 Å². The van der Waals surface area contributed by atoms with Crippen LogP contribution in [-0.2, 0) is 0 Å². The zero-order chi connectivity index (χ0) is 4.28. The van der Waals surface area contributed by atoms with Gasteiger partial charge in [0, 0.05) is 0 Å². The zero-order valence-electron chi connectivity index (χ0n) is 2.97. The Bertz CT molecular complexity index is 21.6. The summed E-state index contributed by atoms with van der Waals surface area (Å²) >= 11 is 0. The molecule has 0 spiro atoms. The lowest BCUT2D eigenvalue weighted by molar-refractivity contribution is 0.0142. The fourth-order valence-electron chi connectivity index (χ4n) is 0. The molecule has 32 valence electrons. The third-order valence-electron chi connectivity index (χ3n) is 0.187. The van der Waals surface area contributed by atoms with Crippen LogP contribution in [0.3, 0.4) is 0 Å². The second kappa shape index (κ2) is 2.14. The highest BCUT2D eigenvalue weighted by Gasteiger charge is 1.80. The summed E-state index contributed by atoms with van der Waals surface area (Å²) in [6, 6.07) is 0. The molecule has 0 radical (unpaired) electrons. The molecule has 0 aromatic heterocycles. The molecule has 0 amide bonds. The Morgan fingerprint density at radius 3 is 2.00 bits per heavy atom. The second-order valence-electron chi connectivity index (χ2n) is 0.805. The summed E-state index contributed by atoms with van der Waals surface area (Å²) in [5.41, 5.74) is 1.58. The zero-order valence-corrected chi connectivity index (χ0v) is 2.97. The summed E-state index contributed by atoms with van der Waals surface area (Å²) in [6.45, 7) is 1.42. The monoisotopic (exact) mass is 77.0 g/mol. The molecule has 0 bridgehead atoms. The molecule has 0 heterocycles. The highest BCUT2D eigenvalue weighted by atomic mass is 16.5. The van der Waals surface area contributed by atoms with Crippen molar-refractivity contribution in [1.29, 1.82) is 0 Å². The van der Waals surface area contributed by atoms with Crippen molar-refractivity contribution in [2.45, 2.75) is 13.2 Å². The van der Waals surface area contributed by atoms with Crippen LogP contribution in [0, 0.1) is 0 Å². The van der Waals surface area contributed by atoms with Crippen molar-refractivity contribution in [2.24, 2.45) is 0 Å². The molecule has 3 heteroatoms. The normalized spacial score (nSPS) is 15.0. The molecule has 3 N–H and O–H groups in total. The lowest BCUT2D eigenvalue weighted by Gasteiger charge is -1.93. The highest BCUT2D eigenvalue weighted by Crippen LogP contribution is 1.59. The number of aliphatic hydroxyl groups is 1. The van der Waals surface area contributed by atoms with Gasteiger partial charge in [0.1, 0.15) is 6.23 Å². The number of nitrogens with one attached hydrogen (secondary N) is 1. The van der Waals surface area contributed by atoms with Gasteiger partial charge in [-0.15, -0.1) is 0 Å². The summed E-state index contributed by atoms with van der Waals surface area (Å²) < 4.78 is 0. The first-order chi connectivity index (χ1) is 2.27. The molecule has 5 heavy (non-hydrogen) atoms. The first-order valence-corrected chi connectivity index (χ1v) is 1.35. The molecule has 0 aliphatic carbocycles. The van der Waals surface area contributed by atoms with Gasteiger partial charge in [-0.3, -0.25) is 0 Å². The molecule has 0 saturated heterocycles. The summed E-state index contributed by atoms with van der Waals surface area (Å²) in [5, 5.41) is 15.6. The van der Waals surface area contributed by atoms with E-state index in [2.05, 4.69) is 0 Å². The van der Waals surface area contributed by atoms with Crippen molar-refractivity contribution in [2.75, 3.05) is 0 Å². The van der Waals surface area contributed by atoms with E-state index < -0.39 is 6.23 Å². The minimum Gasteiger partial charge on any atom is -0.377 e. The van der Waals surface area contributed by atoms with Gasteiger partial charge in [0.25, 0.3) is 0 Å². The molecule has 1 unspecified atom stereocenters. The van der Waals surface area contributed by atoms with Crippen LogP contribution >= 0.6 is 0 Å². The summed E-state index contributed by atoms with van der Waals surface area (Å²) in [7, 11) is 0. The third-order valence-corrected chi connectivity index (χ3v) is 0.187. The number of hydroxylamine groups is 1. The van der Waals surface area contributed by atoms with Gasteiger partial charge in [0.15, 0.2) is 0 Å². The molecule has 0 aliphatic rings. The largest absolute Gasteiger partial charge is 0.377 e. The van der Waals surface area contributed by atoms with E-state index in [9.17, 15) is 0 Å². The standard InChI is InChI=1S/C2H7NO2/c1-2(4)3-5/h2-5H,1H3. The fourth-order valence-corrected chi connectivity index (χ4v) is 0. The van der Waals surface area contributed by atoms with Gasteiger partial charge in [0.05, 0.1) is 0 Å². The van der Waals surface area contributed by atoms with E-state index in [0.717, 1.165) is 0 Å². The van der Waals surface area contributed by atoms with Gasteiger partial charge in [0.2, 0.25) is 0 Å². The van der Waals surface area contributed by atoms with Crippen LogP contribution in [0.4, 0.5) is 0 Å². The van der Waals surface area contributed by atoms with Crippen LogP contribution in [0.1, 0.15) is 6.92 Å². The van der Waals surface area contributed by atoms with Crippen LogP contribution in [0.25, 0.3) is 0 Å². The van der Waals surface area contributed by atoms with E-state index in [1.54, 1.807) is 5.48 Å². The first kappa shape index (κ1) is 4.88. The number of rotatable bonds is 1. The molecule has 0 aliphatic heterocycles. The van der Waals surface area contributed by atoms with Gasteiger partial charge in [-0.1, -0.05) is 0 Å². The maximum absolute atomic E-state index is 8.00. The minimum atomic E-state index is -0.810. The molecule has 0 fully saturated rings. The van der Waals surface area contributed by atoms with Gasteiger partial charge < -0.3 is 10.3 Å². The summed E-state index contributed by atoms with van der Waals surface area (Å²) in [4.78, 5) is 0. The van der Waals surface area contributed by atoms with E-state index in [1.807, 2.05) is 0 Å². The Hall–Kier alpha value is -0.120. The lowest BCUT2D eigenvalue weighted by Crippen LogP contribution is -2.20. The van der Waals surface area contributed by atoms with Crippen molar-refractivity contribution in [1.82, 2.24) is 5.48 Å². The number of hydrogen-bond donors (Lipinski definition) is 3. The molecule has 0 aromatic carbocycles. The molecule has 0 rings (SSSR count). The second-order valence-corrected chi connectivity index (χ2v) is 0.805. The molecule has 0 aromatic rings. The van der Waals surface area contributed by atoms with Gasteiger partial charge in [-0.2, -0.15) is 5.48 Å². The topological polar surface area (TPSA) is 52.5 Å². The smallest absolute Gasteiger partial charge is 0.124 e. The van der Waals surface area contributed by atoms with Crippen molar-refractivity contribution >= 4 is 0 Å². The van der Waals surface area contributed by atoms with Crippen LogP contribution in [0.15, 0.2) is 0 Å². The third kappa shape index (κ3) is 3.88. The average Bonchev–Trinajstić information content (AvgIpc) is 1.38. The molecule has 1 atom stereocenters. The highest BCUT2D eigenvalue weighted by molar-refractivity contribution is 4.20.